The molecular formula is H24ClCoMoN6O7-6. The van der Waals surface area contributed by atoms with Crippen LogP contribution in [0.15, 0.2) is 0 Å². The summed E-state index contributed by atoms with van der Waals surface area (Å²) in [6.07, 6.45) is 0. The zero-order valence-electron chi connectivity index (χ0n) is 8.50. The molecule has 0 spiro atoms. The second-order valence-electron chi connectivity index (χ2n) is 0. The first-order valence-electron chi connectivity index (χ1n) is 0. The van der Waals surface area contributed by atoms with Crippen LogP contribution in [-0.2, 0) is 59.7 Å². The van der Waals surface area contributed by atoms with Crippen LogP contribution in [-0.4, -0.2) is 16.4 Å². The standard InChI is InChI=1S/ClH.Co.Mo.6H3N.3H2O.4O/h1H;;;6*1H3;3*1H2;;;;/q;+3;;;;;;;;;;;4*-2/p-1. The summed E-state index contributed by atoms with van der Waals surface area (Å²) >= 11 is 0. The summed E-state index contributed by atoms with van der Waals surface area (Å²) in [5.41, 5.74) is 0. The summed E-state index contributed by atoms with van der Waals surface area (Å²) < 4.78 is 0. The molecule has 16 heavy (non-hydrogen) atoms. The van der Waals surface area contributed by atoms with E-state index >= 15 is 0 Å². The van der Waals surface area contributed by atoms with Crippen molar-refractivity contribution in [3.8, 4) is 0 Å². The van der Waals surface area contributed by atoms with Crippen molar-refractivity contribution in [3.05, 3.63) is 0 Å². The first-order valence-corrected chi connectivity index (χ1v) is 0. The van der Waals surface area contributed by atoms with E-state index in [1.807, 2.05) is 0 Å². The number of halogens is 1. The molecule has 0 aliphatic rings. The third-order valence-corrected chi connectivity index (χ3v) is 0. The van der Waals surface area contributed by atoms with Gasteiger partial charge in [-0.15, -0.1) is 0 Å². The normalized spacial score (nSPS) is 0. The van der Waals surface area contributed by atoms with Gasteiger partial charge in [0, 0.05) is 21.1 Å². The molecule has 24 N–H and O–H groups in total. The molecule has 0 aliphatic carbocycles. The van der Waals surface area contributed by atoms with Crippen LogP contribution in [0, 0.1) is 0 Å². The van der Waals surface area contributed by atoms with Crippen LogP contribution < -0.4 is 49.3 Å². The van der Waals surface area contributed by atoms with E-state index in [1.165, 1.54) is 0 Å². The van der Waals surface area contributed by atoms with Gasteiger partial charge in [-0.2, -0.15) is 0 Å². The molecule has 0 aliphatic heterocycles. The van der Waals surface area contributed by atoms with E-state index < -0.39 is 0 Å². The molecule has 124 valence electrons. The summed E-state index contributed by atoms with van der Waals surface area (Å²) in [6.45, 7) is 0. The Hall–Kier alpha value is 0.965. The van der Waals surface area contributed by atoms with Gasteiger partial charge in [0.15, 0.2) is 0 Å². The molecule has 0 aromatic carbocycles. The monoisotopic (exact) mass is 412 g/mol. The van der Waals surface area contributed by atoms with Crippen LogP contribution in [0.5, 0.6) is 0 Å². The van der Waals surface area contributed by atoms with Crippen LogP contribution in [0.2, 0.25) is 0 Å². The predicted molar refractivity (Wildman–Crippen MR) is 43.7 cm³/mol. The average molecular weight is 411 g/mol. The second-order valence-corrected chi connectivity index (χ2v) is 0. The molecule has 0 saturated heterocycles. The van der Waals surface area contributed by atoms with Crippen molar-refractivity contribution in [2.75, 3.05) is 0 Å². The minimum Gasteiger partial charge on any atom is -2.00 e. The van der Waals surface area contributed by atoms with E-state index in [-0.39, 0.29) is 125 Å². The fourth-order valence-electron chi connectivity index (χ4n) is 0. The van der Waals surface area contributed by atoms with Gasteiger partial charge in [-0.1, -0.05) is 0 Å². The summed E-state index contributed by atoms with van der Waals surface area (Å²) in [5, 5.41) is 0. The maximum atomic E-state index is 0. The Bertz CT molecular complexity index is 28.8. The van der Waals surface area contributed by atoms with Crippen molar-refractivity contribution < 1.29 is 88.6 Å². The van der Waals surface area contributed by atoms with Crippen LogP contribution in [0.3, 0.4) is 0 Å². The van der Waals surface area contributed by atoms with Gasteiger partial charge in [-0.3, -0.25) is 0 Å². The van der Waals surface area contributed by atoms with E-state index in [9.17, 15) is 0 Å². The Morgan fingerprint density at radius 2 is 0.375 bits per heavy atom. The van der Waals surface area contributed by atoms with E-state index in [2.05, 4.69) is 0 Å². The van der Waals surface area contributed by atoms with Crippen molar-refractivity contribution >= 4 is 0 Å². The fraction of sp³-hybridized carbons (Fsp3) is 0. The molecule has 0 saturated carbocycles. The SMILES string of the molecule is N.N.N.N.N.N.O.O.O.[Cl-].[Co+3].[Mo].[O-2].[O-2].[O-2].[O-2]. The smallest absolute Gasteiger partial charge is 2.00 e. The van der Waals surface area contributed by atoms with Crippen molar-refractivity contribution in [2.24, 2.45) is 0 Å². The molecule has 13 nitrogen and oxygen atoms in total. The van der Waals surface area contributed by atoms with Gasteiger partial charge >= 0.3 is 16.8 Å². The molecule has 0 radical (unpaired) electrons. The Labute approximate surface area is 125 Å². The Kier molecular flexibility index (Phi) is 1120000. The zero-order chi connectivity index (χ0) is 0. The third kappa shape index (κ3) is 3140. The van der Waals surface area contributed by atoms with E-state index in [4.69, 9.17) is 0 Å². The van der Waals surface area contributed by atoms with Crippen LogP contribution in [0.25, 0.3) is 0 Å². The van der Waals surface area contributed by atoms with Crippen molar-refractivity contribution in [1.29, 1.82) is 0 Å². The van der Waals surface area contributed by atoms with E-state index in [1.54, 1.807) is 0 Å². The van der Waals surface area contributed by atoms with E-state index in [0.29, 0.717) is 0 Å². The first-order chi connectivity index (χ1) is 0. The number of hydrogen-bond donors (Lipinski definition) is 6. The molecule has 0 unspecified atom stereocenters. The second kappa shape index (κ2) is 3840. The van der Waals surface area contributed by atoms with Gasteiger partial charge in [0.05, 0.1) is 0 Å². The first kappa shape index (κ1) is 4650. The molecular weight excluding hydrogens is 386 g/mol. The maximum Gasteiger partial charge on any atom is 3.00 e. The molecule has 0 aromatic heterocycles. The largest absolute Gasteiger partial charge is 3.00 e. The molecule has 16 heteroatoms. The van der Waals surface area contributed by atoms with Crippen LogP contribution >= 0.6 is 0 Å². The summed E-state index contributed by atoms with van der Waals surface area (Å²) in [7, 11) is 0. The summed E-state index contributed by atoms with van der Waals surface area (Å²) in [5.74, 6) is 0. The molecule has 0 fully saturated rings. The van der Waals surface area contributed by atoms with Gasteiger partial charge in [-0.25, -0.2) is 0 Å². The Morgan fingerprint density at radius 1 is 0.375 bits per heavy atom. The molecule has 0 rings (SSSR count). The van der Waals surface area contributed by atoms with Gasteiger partial charge in [0.25, 0.3) is 0 Å². The molecule has 0 amide bonds. The maximum absolute atomic E-state index is 0. The van der Waals surface area contributed by atoms with Crippen molar-refractivity contribution in [1.82, 2.24) is 36.9 Å². The number of hydrogen-bond acceptors (Lipinski definition) is 6. The van der Waals surface area contributed by atoms with Crippen LogP contribution in [0.4, 0.5) is 0 Å². The van der Waals surface area contributed by atoms with Crippen molar-refractivity contribution in [2.45, 2.75) is 0 Å². The minimum absolute atomic E-state index is 0. The van der Waals surface area contributed by atoms with Crippen LogP contribution in [0.1, 0.15) is 0 Å². The molecule has 0 bridgehead atoms. The fourth-order valence-corrected chi connectivity index (χ4v) is 0. The summed E-state index contributed by atoms with van der Waals surface area (Å²) in [6, 6.07) is 0. The predicted octanol–water partition coefficient (Wildman–Crippen LogP) is -4.98. The van der Waals surface area contributed by atoms with Gasteiger partial charge in [0.1, 0.15) is 0 Å². The zero-order valence-corrected chi connectivity index (χ0v) is 12.3. The Balaban J connectivity index is 0. The molecule has 0 aromatic rings. The summed E-state index contributed by atoms with van der Waals surface area (Å²) in [4.78, 5) is 0. The van der Waals surface area contributed by atoms with E-state index in [0.717, 1.165) is 0 Å². The molecule has 0 heterocycles. The minimum atomic E-state index is 0. The van der Waals surface area contributed by atoms with Crippen molar-refractivity contribution in [3.63, 3.8) is 0 Å². The third-order valence-electron chi connectivity index (χ3n) is 0. The average Bonchev–Trinajstić information content (AvgIpc) is 0. The van der Waals surface area contributed by atoms with Gasteiger partial charge in [-0.05, 0) is 0 Å². The van der Waals surface area contributed by atoms with Gasteiger partial charge in [0.2, 0.25) is 0 Å². The quantitative estimate of drug-likeness (QED) is 0.212. The topological polar surface area (TPSA) is 418 Å². The Morgan fingerprint density at radius 3 is 0.375 bits per heavy atom. The molecule has 0 atom stereocenters. The number of rotatable bonds is 0. The van der Waals surface area contributed by atoms with Gasteiger partial charge < -0.3 is 87.6 Å².